The average molecular weight is 261 g/mol. The summed E-state index contributed by atoms with van der Waals surface area (Å²) >= 11 is 0. The number of hydrogen-bond acceptors (Lipinski definition) is 2. The third-order valence-corrected chi connectivity index (χ3v) is 2.58. The predicted molar refractivity (Wildman–Crippen MR) is 77.4 cm³/mol. The highest BCUT2D eigenvalue weighted by atomic mass is 16.1. The van der Waals surface area contributed by atoms with Gasteiger partial charge < -0.3 is 5.32 Å². The van der Waals surface area contributed by atoms with Crippen molar-refractivity contribution in [1.82, 2.24) is 5.32 Å². The first-order chi connectivity index (χ1) is 8.50. The van der Waals surface area contributed by atoms with Crippen molar-refractivity contribution in [3.05, 3.63) is 35.4 Å². The fourth-order valence-corrected chi connectivity index (χ4v) is 1.62. The molecule has 0 aliphatic heterocycles. The van der Waals surface area contributed by atoms with Crippen LogP contribution in [0.1, 0.15) is 62.3 Å². The van der Waals surface area contributed by atoms with Gasteiger partial charge >= 0.3 is 0 Å². The minimum Gasteiger partial charge on any atom is -0.347 e. The number of nitrogens with one attached hydrogen (secondary N) is 1. The van der Waals surface area contributed by atoms with Crippen LogP contribution in [-0.4, -0.2) is 17.2 Å². The zero-order valence-corrected chi connectivity index (χ0v) is 12.6. The van der Waals surface area contributed by atoms with E-state index in [1.807, 2.05) is 41.5 Å². The molecule has 0 saturated carbocycles. The molecule has 1 amide bonds. The van der Waals surface area contributed by atoms with Gasteiger partial charge in [-0.15, -0.1) is 0 Å². The normalized spacial score (nSPS) is 12.1. The second kappa shape index (κ2) is 5.16. The van der Waals surface area contributed by atoms with E-state index in [9.17, 15) is 9.59 Å². The summed E-state index contributed by atoms with van der Waals surface area (Å²) < 4.78 is 0. The van der Waals surface area contributed by atoms with E-state index in [-0.39, 0.29) is 17.2 Å². The van der Waals surface area contributed by atoms with Crippen molar-refractivity contribution in [3.8, 4) is 0 Å². The summed E-state index contributed by atoms with van der Waals surface area (Å²) in [5.41, 5.74) is 0.534. The van der Waals surface area contributed by atoms with Crippen LogP contribution in [0, 0.1) is 5.41 Å². The molecule has 0 radical (unpaired) electrons. The highest BCUT2D eigenvalue weighted by Crippen LogP contribution is 2.21. The van der Waals surface area contributed by atoms with Gasteiger partial charge in [0, 0.05) is 22.1 Å². The topological polar surface area (TPSA) is 46.2 Å². The lowest BCUT2D eigenvalue weighted by Gasteiger charge is -2.21. The Morgan fingerprint density at radius 2 is 1.26 bits per heavy atom. The minimum atomic E-state index is -0.408. The van der Waals surface area contributed by atoms with Crippen LogP contribution in [0.25, 0.3) is 0 Å². The molecule has 1 aromatic rings. The molecule has 3 nitrogen and oxygen atoms in total. The van der Waals surface area contributed by atoms with Crippen LogP contribution in [0.5, 0.6) is 0 Å². The molecule has 1 rings (SSSR count). The van der Waals surface area contributed by atoms with Gasteiger partial charge in [0.25, 0.3) is 5.91 Å². The van der Waals surface area contributed by atoms with E-state index < -0.39 is 5.41 Å². The number of hydrogen-bond donors (Lipinski definition) is 1. The Hall–Kier alpha value is -1.64. The second-order valence-corrected chi connectivity index (χ2v) is 6.86. The van der Waals surface area contributed by atoms with Gasteiger partial charge in [-0.05, 0) is 32.9 Å². The molecule has 1 N–H and O–H groups in total. The van der Waals surface area contributed by atoms with Crippen molar-refractivity contribution in [2.24, 2.45) is 5.41 Å². The molecule has 104 valence electrons. The van der Waals surface area contributed by atoms with Crippen molar-refractivity contribution in [1.29, 1.82) is 0 Å². The van der Waals surface area contributed by atoms with Crippen LogP contribution in [0.3, 0.4) is 0 Å². The standard InChI is InChI=1S/C16H23NO2/c1-15(2,3)13(18)11-7-9-12(10-8-11)14(19)17-16(4,5)6/h7-10H,1-6H3,(H,17,19). The Balaban J connectivity index is 2.89. The van der Waals surface area contributed by atoms with Crippen LogP contribution >= 0.6 is 0 Å². The van der Waals surface area contributed by atoms with E-state index in [1.54, 1.807) is 24.3 Å². The van der Waals surface area contributed by atoms with E-state index >= 15 is 0 Å². The Morgan fingerprint density at radius 1 is 0.842 bits per heavy atom. The van der Waals surface area contributed by atoms with Crippen LogP contribution in [0.15, 0.2) is 24.3 Å². The molecule has 1 aromatic carbocycles. The van der Waals surface area contributed by atoms with Crippen LogP contribution in [0.4, 0.5) is 0 Å². The molecule has 3 heteroatoms. The average Bonchev–Trinajstić information content (AvgIpc) is 2.24. The quantitative estimate of drug-likeness (QED) is 0.829. The fourth-order valence-electron chi connectivity index (χ4n) is 1.62. The summed E-state index contributed by atoms with van der Waals surface area (Å²) in [6, 6.07) is 6.82. The maximum absolute atomic E-state index is 12.1. The van der Waals surface area contributed by atoms with Gasteiger partial charge in [0.15, 0.2) is 5.78 Å². The monoisotopic (exact) mass is 261 g/mol. The molecule has 0 aromatic heterocycles. The minimum absolute atomic E-state index is 0.0790. The van der Waals surface area contributed by atoms with Crippen molar-refractivity contribution >= 4 is 11.7 Å². The summed E-state index contributed by atoms with van der Waals surface area (Å²) in [7, 11) is 0. The van der Waals surface area contributed by atoms with Crippen molar-refractivity contribution < 1.29 is 9.59 Å². The fraction of sp³-hybridized carbons (Fsp3) is 0.500. The van der Waals surface area contributed by atoms with Gasteiger partial charge in [0.1, 0.15) is 0 Å². The zero-order valence-electron chi connectivity index (χ0n) is 12.6. The van der Waals surface area contributed by atoms with Crippen molar-refractivity contribution in [2.75, 3.05) is 0 Å². The maximum atomic E-state index is 12.1. The number of ketones is 1. The summed E-state index contributed by atoms with van der Waals surface area (Å²) in [5.74, 6) is -0.0439. The number of carbonyl (C=O) groups excluding carboxylic acids is 2. The lowest BCUT2D eigenvalue weighted by atomic mass is 9.86. The van der Waals surface area contributed by atoms with E-state index in [2.05, 4.69) is 5.32 Å². The van der Waals surface area contributed by atoms with Crippen LogP contribution in [-0.2, 0) is 0 Å². The Morgan fingerprint density at radius 3 is 1.63 bits per heavy atom. The molecule has 0 spiro atoms. The first-order valence-corrected chi connectivity index (χ1v) is 6.48. The summed E-state index contributed by atoms with van der Waals surface area (Å²) in [5, 5.41) is 2.89. The van der Waals surface area contributed by atoms with Gasteiger partial charge in [0.05, 0.1) is 0 Å². The number of benzene rings is 1. The van der Waals surface area contributed by atoms with Gasteiger partial charge in [-0.3, -0.25) is 9.59 Å². The molecule has 0 aliphatic rings. The van der Waals surface area contributed by atoms with Crippen LogP contribution < -0.4 is 5.32 Å². The molecule has 0 fully saturated rings. The molecular formula is C16H23NO2. The predicted octanol–water partition coefficient (Wildman–Crippen LogP) is 3.44. The lowest BCUT2D eigenvalue weighted by Crippen LogP contribution is -2.40. The molecule has 0 aliphatic carbocycles. The summed E-state index contributed by atoms with van der Waals surface area (Å²) in [6.45, 7) is 11.5. The van der Waals surface area contributed by atoms with Crippen LogP contribution in [0.2, 0.25) is 0 Å². The van der Waals surface area contributed by atoms with E-state index in [4.69, 9.17) is 0 Å². The van der Waals surface area contributed by atoms with Gasteiger partial charge in [-0.2, -0.15) is 0 Å². The summed E-state index contributed by atoms with van der Waals surface area (Å²) in [4.78, 5) is 24.0. The number of carbonyl (C=O) groups is 2. The molecule has 0 atom stereocenters. The van der Waals surface area contributed by atoms with E-state index in [0.29, 0.717) is 11.1 Å². The molecule has 0 unspecified atom stereocenters. The molecular weight excluding hydrogens is 238 g/mol. The smallest absolute Gasteiger partial charge is 0.251 e. The van der Waals surface area contributed by atoms with Crippen molar-refractivity contribution in [3.63, 3.8) is 0 Å². The number of rotatable bonds is 2. The Labute approximate surface area is 115 Å². The van der Waals surface area contributed by atoms with E-state index in [0.717, 1.165) is 0 Å². The first kappa shape index (κ1) is 15.4. The molecule has 19 heavy (non-hydrogen) atoms. The second-order valence-electron chi connectivity index (χ2n) is 6.86. The Kier molecular flexibility index (Phi) is 4.18. The summed E-state index contributed by atoms with van der Waals surface area (Å²) in [6.07, 6.45) is 0. The highest BCUT2D eigenvalue weighted by Gasteiger charge is 2.23. The molecule has 0 bridgehead atoms. The van der Waals surface area contributed by atoms with Gasteiger partial charge in [-0.25, -0.2) is 0 Å². The largest absolute Gasteiger partial charge is 0.347 e. The molecule has 0 heterocycles. The third kappa shape index (κ3) is 4.51. The Bertz CT molecular complexity index is 473. The number of Topliss-reactive ketones (excluding diaryl/α,β-unsaturated/α-hetero) is 1. The third-order valence-electron chi connectivity index (χ3n) is 2.58. The SMILES string of the molecule is CC(C)(C)NC(=O)c1ccc(C(=O)C(C)(C)C)cc1. The first-order valence-electron chi connectivity index (χ1n) is 6.48. The zero-order chi connectivity index (χ0) is 14.8. The molecule has 0 saturated heterocycles. The highest BCUT2D eigenvalue weighted by molar-refractivity contribution is 6.01. The van der Waals surface area contributed by atoms with Gasteiger partial charge in [-0.1, -0.05) is 32.9 Å². The maximum Gasteiger partial charge on any atom is 0.251 e. The van der Waals surface area contributed by atoms with Crippen molar-refractivity contribution in [2.45, 2.75) is 47.1 Å². The lowest BCUT2D eigenvalue weighted by molar-refractivity contribution is 0.0856. The van der Waals surface area contributed by atoms with E-state index in [1.165, 1.54) is 0 Å². The van der Waals surface area contributed by atoms with Gasteiger partial charge in [0.2, 0.25) is 0 Å². The number of amides is 1.